The molecule has 0 aromatic carbocycles. The highest BCUT2D eigenvalue weighted by atomic mass is 35.5. The van der Waals surface area contributed by atoms with Gasteiger partial charge in [-0.05, 0) is 11.6 Å². The molecule has 1 heterocycles. The van der Waals surface area contributed by atoms with Crippen LogP contribution in [0.1, 0.15) is 5.56 Å². The molecule has 5 heteroatoms. The van der Waals surface area contributed by atoms with Gasteiger partial charge in [0.1, 0.15) is 5.15 Å². The second-order valence-corrected chi connectivity index (χ2v) is 3.93. The molecule has 1 aromatic rings. The predicted octanol–water partition coefficient (Wildman–Crippen LogP) is 2.14. The number of rotatable bonds is 4. The smallest absolute Gasteiger partial charge is 0.315 e. The first-order valence-corrected chi connectivity index (χ1v) is 5.50. The Morgan fingerprint density at radius 2 is 2.43 bits per heavy atom. The van der Waals surface area contributed by atoms with E-state index in [2.05, 4.69) is 9.72 Å². The van der Waals surface area contributed by atoms with Crippen molar-refractivity contribution in [2.24, 2.45) is 0 Å². The van der Waals surface area contributed by atoms with Crippen LogP contribution in [-0.4, -0.2) is 23.8 Å². The van der Waals surface area contributed by atoms with Crippen LogP contribution >= 0.6 is 23.4 Å². The zero-order chi connectivity index (χ0) is 10.4. The summed E-state index contributed by atoms with van der Waals surface area (Å²) in [5.41, 5.74) is 1.04. The van der Waals surface area contributed by atoms with Gasteiger partial charge >= 0.3 is 5.97 Å². The van der Waals surface area contributed by atoms with E-state index in [0.29, 0.717) is 10.9 Å². The number of ether oxygens (including phenoxy) is 1. The molecule has 0 fully saturated rings. The van der Waals surface area contributed by atoms with E-state index in [9.17, 15) is 4.79 Å². The van der Waals surface area contributed by atoms with Crippen molar-refractivity contribution < 1.29 is 9.53 Å². The number of pyridine rings is 1. The maximum absolute atomic E-state index is 10.8. The van der Waals surface area contributed by atoms with Gasteiger partial charge in [-0.25, -0.2) is 4.98 Å². The van der Waals surface area contributed by atoms with E-state index < -0.39 is 0 Å². The summed E-state index contributed by atoms with van der Waals surface area (Å²) in [6.45, 7) is 0. The summed E-state index contributed by atoms with van der Waals surface area (Å²) in [5, 5.41) is 0.478. The monoisotopic (exact) mass is 231 g/mol. The number of methoxy groups -OCH3 is 1. The second kappa shape index (κ2) is 5.88. The van der Waals surface area contributed by atoms with Crippen LogP contribution in [0.2, 0.25) is 5.15 Å². The van der Waals surface area contributed by atoms with Gasteiger partial charge in [-0.15, -0.1) is 11.8 Å². The third-order valence-corrected chi connectivity index (χ3v) is 2.71. The Bertz CT molecular complexity index is 302. The lowest BCUT2D eigenvalue weighted by molar-refractivity contribution is -0.137. The molecule has 3 nitrogen and oxygen atoms in total. The minimum atomic E-state index is -0.211. The van der Waals surface area contributed by atoms with Crippen molar-refractivity contribution in [3.8, 4) is 0 Å². The molecule has 0 amide bonds. The zero-order valence-electron chi connectivity index (χ0n) is 7.70. The molecule has 0 spiro atoms. The lowest BCUT2D eigenvalue weighted by Gasteiger charge is -2.00. The van der Waals surface area contributed by atoms with E-state index in [4.69, 9.17) is 11.6 Å². The van der Waals surface area contributed by atoms with Gasteiger partial charge in [0.25, 0.3) is 0 Å². The Kier molecular flexibility index (Phi) is 4.76. The number of aromatic nitrogens is 1. The molecular weight excluding hydrogens is 222 g/mol. The van der Waals surface area contributed by atoms with E-state index in [1.807, 2.05) is 6.07 Å². The zero-order valence-corrected chi connectivity index (χ0v) is 9.27. The van der Waals surface area contributed by atoms with E-state index in [1.165, 1.54) is 18.9 Å². The molecule has 0 atom stereocenters. The number of carbonyl (C=O) groups is 1. The number of halogens is 1. The van der Waals surface area contributed by atoms with Crippen molar-refractivity contribution in [2.75, 3.05) is 12.9 Å². The van der Waals surface area contributed by atoms with Crippen LogP contribution in [0.3, 0.4) is 0 Å². The average Bonchev–Trinajstić information content (AvgIpc) is 2.21. The molecule has 0 radical (unpaired) electrons. The first-order chi connectivity index (χ1) is 6.72. The molecule has 0 aliphatic heterocycles. The summed E-state index contributed by atoms with van der Waals surface area (Å²) < 4.78 is 4.51. The molecule has 76 valence electrons. The fraction of sp³-hybridized carbons (Fsp3) is 0.333. The van der Waals surface area contributed by atoms with E-state index in [0.717, 1.165) is 11.3 Å². The Morgan fingerprint density at radius 1 is 1.64 bits per heavy atom. The van der Waals surface area contributed by atoms with Crippen LogP contribution in [0.5, 0.6) is 0 Å². The average molecular weight is 232 g/mol. The summed E-state index contributed by atoms with van der Waals surface area (Å²) in [4.78, 5) is 14.7. The fourth-order valence-corrected chi connectivity index (χ4v) is 1.71. The van der Waals surface area contributed by atoms with Gasteiger partial charge < -0.3 is 4.74 Å². The molecule has 14 heavy (non-hydrogen) atoms. The van der Waals surface area contributed by atoms with Crippen LogP contribution < -0.4 is 0 Å². The molecule has 0 saturated carbocycles. The van der Waals surface area contributed by atoms with Gasteiger partial charge in [-0.2, -0.15) is 0 Å². The number of thioether (sulfide) groups is 1. The van der Waals surface area contributed by atoms with Crippen LogP contribution in [0.25, 0.3) is 0 Å². The van der Waals surface area contributed by atoms with Crippen molar-refractivity contribution in [3.05, 3.63) is 29.0 Å². The summed E-state index contributed by atoms with van der Waals surface area (Å²) in [6.07, 6.45) is 1.70. The van der Waals surface area contributed by atoms with Crippen LogP contribution in [-0.2, 0) is 15.3 Å². The lowest BCUT2D eigenvalue weighted by Crippen LogP contribution is -2.03. The van der Waals surface area contributed by atoms with E-state index in [1.54, 1.807) is 12.3 Å². The van der Waals surface area contributed by atoms with Gasteiger partial charge in [-0.1, -0.05) is 17.7 Å². The maximum atomic E-state index is 10.8. The van der Waals surface area contributed by atoms with E-state index >= 15 is 0 Å². The maximum Gasteiger partial charge on any atom is 0.315 e. The summed E-state index contributed by atoms with van der Waals surface area (Å²) >= 11 is 7.11. The molecule has 0 bridgehead atoms. The quantitative estimate of drug-likeness (QED) is 0.588. The van der Waals surface area contributed by atoms with Crippen molar-refractivity contribution in [1.29, 1.82) is 0 Å². The molecule has 0 N–H and O–H groups in total. The summed E-state index contributed by atoms with van der Waals surface area (Å²) in [7, 11) is 1.38. The third kappa shape index (κ3) is 3.98. The standard InChI is InChI=1S/C9H10ClNO2S/c1-13-9(12)6-14-5-7-2-3-8(10)11-4-7/h2-4H,5-6H2,1H3. The van der Waals surface area contributed by atoms with Crippen molar-refractivity contribution in [3.63, 3.8) is 0 Å². The Labute approximate surface area is 91.8 Å². The van der Waals surface area contributed by atoms with Crippen LogP contribution in [0.15, 0.2) is 18.3 Å². The fourth-order valence-electron chi connectivity index (χ4n) is 0.803. The van der Waals surface area contributed by atoms with Crippen molar-refractivity contribution in [2.45, 2.75) is 5.75 Å². The number of hydrogen-bond acceptors (Lipinski definition) is 4. The summed E-state index contributed by atoms with van der Waals surface area (Å²) in [5.74, 6) is 0.884. The summed E-state index contributed by atoms with van der Waals surface area (Å²) in [6, 6.07) is 3.62. The second-order valence-electron chi connectivity index (χ2n) is 2.56. The van der Waals surface area contributed by atoms with E-state index in [-0.39, 0.29) is 5.97 Å². The van der Waals surface area contributed by atoms with Crippen molar-refractivity contribution in [1.82, 2.24) is 4.98 Å². The van der Waals surface area contributed by atoms with Gasteiger partial charge in [-0.3, -0.25) is 4.79 Å². The first-order valence-electron chi connectivity index (χ1n) is 3.97. The lowest BCUT2D eigenvalue weighted by atomic mass is 10.3. The largest absolute Gasteiger partial charge is 0.468 e. The highest BCUT2D eigenvalue weighted by Gasteiger charge is 2.00. The molecule has 0 unspecified atom stereocenters. The minimum absolute atomic E-state index is 0.211. The third-order valence-electron chi connectivity index (χ3n) is 1.50. The van der Waals surface area contributed by atoms with Crippen LogP contribution in [0.4, 0.5) is 0 Å². The minimum Gasteiger partial charge on any atom is -0.468 e. The SMILES string of the molecule is COC(=O)CSCc1ccc(Cl)nc1. The molecule has 1 aromatic heterocycles. The van der Waals surface area contributed by atoms with Crippen molar-refractivity contribution >= 4 is 29.3 Å². The highest BCUT2D eigenvalue weighted by Crippen LogP contribution is 2.13. The Hall–Kier alpha value is -0.740. The van der Waals surface area contributed by atoms with Gasteiger partial charge in [0, 0.05) is 11.9 Å². The Morgan fingerprint density at radius 3 is 3.00 bits per heavy atom. The van der Waals surface area contributed by atoms with Gasteiger partial charge in [0.15, 0.2) is 0 Å². The highest BCUT2D eigenvalue weighted by molar-refractivity contribution is 7.99. The van der Waals surface area contributed by atoms with Crippen LogP contribution in [0, 0.1) is 0 Å². The number of carbonyl (C=O) groups excluding carboxylic acids is 1. The molecule has 0 aliphatic rings. The topological polar surface area (TPSA) is 39.2 Å². The first kappa shape index (κ1) is 11.3. The molecule has 1 rings (SSSR count). The number of nitrogens with zero attached hydrogens (tertiary/aromatic N) is 1. The molecular formula is C9H10ClNO2S. The number of esters is 1. The number of hydrogen-bond donors (Lipinski definition) is 0. The molecule has 0 aliphatic carbocycles. The van der Waals surface area contributed by atoms with Gasteiger partial charge in [0.2, 0.25) is 0 Å². The van der Waals surface area contributed by atoms with Gasteiger partial charge in [0.05, 0.1) is 12.9 Å². The normalized spacial score (nSPS) is 9.86. The molecule has 0 saturated heterocycles. The predicted molar refractivity (Wildman–Crippen MR) is 57.4 cm³/mol. The Balaban J connectivity index is 2.31.